The van der Waals surface area contributed by atoms with Crippen molar-refractivity contribution in [2.45, 2.75) is 50.7 Å². The fourth-order valence-electron chi connectivity index (χ4n) is 1.78. The monoisotopic (exact) mass is 271 g/mol. The molecule has 0 bridgehead atoms. The summed E-state index contributed by atoms with van der Waals surface area (Å²) in [6.07, 6.45) is 3.17. The van der Waals surface area contributed by atoms with Crippen LogP contribution >= 0.6 is 0 Å². The number of sulfonamides is 1. The van der Waals surface area contributed by atoms with Crippen molar-refractivity contribution in [3.05, 3.63) is 23.9 Å². The summed E-state index contributed by atoms with van der Waals surface area (Å²) >= 11 is 0. The van der Waals surface area contributed by atoms with Crippen LogP contribution in [-0.2, 0) is 16.6 Å². The van der Waals surface area contributed by atoms with Gasteiger partial charge in [-0.1, -0.05) is 19.4 Å². The molecule has 0 saturated heterocycles. The quantitative estimate of drug-likeness (QED) is 0.819. The molecule has 0 aromatic carbocycles. The molecule has 3 N–H and O–H groups in total. The molecule has 1 rings (SSSR count). The first-order chi connectivity index (χ1) is 8.30. The molecule has 0 radical (unpaired) electrons. The lowest BCUT2D eigenvalue weighted by atomic mass is 10.0. The lowest BCUT2D eigenvalue weighted by molar-refractivity contribution is 0.417. The highest BCUT2D eigenvalue weighted by molar-refractivity contribution is 7.89. The van der Waals surface area contributed by atoms with Crippen molar-refractivity contribution in [2.75, 3.05) is 0 Å². The minimum absolute atomic E-state index is 0.0314. The van der Waals surface area contributed by atoms with Crippen LogP contribution < -0.4 is 10.5 Å². The lowest BCUT2D eigenvalue weighted by Crippen LogP contribution is -2.43. The maximum Gasteiger partial charge on any atom is 0.258 e. The predicted molar refractivity (Wildman–Crippen MR) is 71.4 cm³/mol. The van der Waals surface area contributed by atoms with Gasteiger partial charge in [-0.3, -0.25) is 0 Å². The normalized spacial score (nSPS) is 12.7. The largest absolute Gasteiger partial charge is 0.326 e. The second kappa shape index (κ2) is 5.77. The molecule has 5 nitrogen and oxygen atoms in total. The van der Waals surface area contributed by atoms with Crippen molar-refractivity contribution in [3.63, 3.8) is 0 Å². The Morgan fingerprint density at radius 1 is 1.39 bits per heavy atom. The molecule has 6 heteroatoms. The smallest absolute Gasteiger partial charge is 0.258 e. The average molecular weight is 271 g/mol. The molecule has 0 aliphatic heterocycles. The molecule has 1 aromatic heterocycles. The van der Waals surface area contributed by atoms with E-state index in [2.05, 4.69) is 9.71 Å². The Balaban J connectivity index is 2.92. The third-order valence-electron chi connectivity index (χ3n) is 2.59. The van der Waals surface area contributed by atoms with E-state index in [0.717, 1.165) is 18.4 Å². The van der Waals surface area contributed by atoms with Crippen molar-refractivity contribution in [1.82, 2.24) is 9.71 Å². The second-order valence-corrected chi connectivity index (χ2v) is 6.58. The molecule has 0 unspecified atom stereocenters. The number of nitrogens with one attached hydrogen (secondary N) is 1. The van der Waals surface area contributed by atoms with E-state index in [1.807, 2.05) is 20.8 Å². The minimum Gasteiger partial charge on any atom is -0.326 e. The Bertz CT molecular complexity index is 481. The zero-order valence-electron chi connectivity index (χ0n) is 11.1. The fraction of sp³-hybridized carbons (Fsp3) is 0.583. The van der Waals surface area contributed by atoms with E-state index >= 15 is 0 Å². The van der Waals surface area contributed by atoms with Crippen molar-refractivity contribution >= 4 is 10.0 Å². The minimum atomic E-state index is -3.57. The average Bonchev–Trinajstić information content (AvgIpc) is 2.27. The van der Waals surface area contributed by atoms with Crippen LogP contribution in [0.2, 0.25) is 0 Å². The Kier molecular flexibility index (Phi) is 4.84. The number of pyridine rings is 1. The van der Waals surface area contributed by atoms with Crippen molar-refractivity contribution in [2.24, 2.45) is 5.73 Å². The van der Waals surface area contributed by atoms with Crippen LogP contribution in [0.5, 0.6) is 0 Å². The molecule has 0 spiro atoms. The van der Waals surface area contributed by atoms with Gasteiger partial charge in [0.25, 0.3) is 10.0 Å². The number of hydrogen-bond donors (Lipinski definition) is 2. The zero-order chi connectivity index (χ0) is 13.8. The molecule has 102 valence electrons. The van der Waals surface area contributed by atoms with Crippen LogP contribution in [0.25, 0.3) is 0 Å². The third-order valence-corrected chi connectivity index (χ3v) is 4.21. The Hall–Kier alpha value is -0.980. The standard InChI is InChI=1S/C12H21N3O2S/c1-4-7-12(2,3)15-18(16,17)11-6-5-10(8-13)9-14-11/h5-6,9,15H,4,7-8,13H2,1-3H3. The van der Waals surface area contributed by atoms with E-state index in [9.17, 15) is 8.42 Å². The summed E-state index contributed by atoms with van der Waals surface area (Å²) < 4.78 is 26.9. The number of hydrogen-bond acceptors (Lipinski definition) is 4. The second-order valence-electron chi connectivity index (χ2n) is 4.95. The molecular formula is C12H21N3O2S. The van der Waals surface area contributed by atoms with Crippen LogP contribution in [-0.4, -0.2) is 18.9 Å². The van der Waals surface area contributed by atoms with Gasteiger partial charge in [0.05, 0.1) is 0 Å². The topological polar surface area (TPSA) is 85.1 Å². The van der Waals surface area contributed by atoms with Crippen LogP contribution in [0, 0.1) is 0 Å². The van der Waals surface area contributed by atoms with Gasteiger partial charge in [0.15, 0.2) is 5.03 Å². The number of rotatable bonds is 6. The summed E-state index contributed by atoms with van der Waals surface area (Å²) in [4.78, 5) is 3.94. The van der Waals surface area contributed by atoms with E-state index < -0.39 is 15.6 Å². The van der Waals surface area contributed by atoms with Crippen molar-refractivity contribution in [3.8, 4) is 0 Å². The van der Waals surface area contributed by atoms with E-state index in [4.69, 9.17) is 5.73 Å². The third kappa shape index (κ3) is 4.04. The molecule has 0 saturated carbocycles. The molecule has 0 amide bonds. The maximum atomic E-state index is 12.1. The molecule has 1 heterocycles. The molecule has 18 heavy (non-hydrogen) atoms. The lowest BCUT2D eigenvalue weighted by Gasteiger charge is -2.25. The van der Waals surface area contributed by atoms with E-state index in [0.29, 0.717) is 6.54 Å². The first-order valence-electron chi connectivity index (χ1n) is 6.00. The Morgan fingerprint density at radius 2 is 2.06 bits per heavy atom. The van der Waals surface area contributed by atoms with E-state index in [-0.39, 0.29) is 5.03 Å². The highest BCUT2D eigenvalue weighted by Gasteiger charge is 2.26. The summed E-state index contributed by atoms with van der Waals surface area (Å²) in [5, 5.41) is 0.0314. The van der Waals surface area contributed by atoms with Crippen molar-refractivity contribution < 1.29 is 8.42 Å². The van der Waals surface area contributed by atoms with Gasteiger partial charge in [0, 0.05) is 18.3 Å². The SMILES string of the molecule is CCCC(C)(C)NS(=O)(=O)c1ccc(CN)cn1. The number of nitrogens with two attached hydrogens (primary N) is 1. The van der Waals surface area contributed by atoms with E-state index in [1.165, 1.54) is 12.3 Å². The highest BCUT2D eigenvalue weighted by Crippen LogP contribution is 2.15. The molecule has 0 fully saturated rings. The van der Waals surface area contributed by atoms with Gasteiger partial charge < -0.3 is 5.73 Å². The van der Waals surface area contributed by atoms with E-state index in [1.54, 1.807) is 6.07 Å². The van der Waals surface area contributed by atoms with Gasteiger partial charge in [-0.25, -0.2) is 18.1 Å². The van der Waals surface area contributed by atoms with Crippen LogP contribution in [0.15, 0.2) is 23.4 Å². The number of nitrogens with zero attached hydrogens (tertiary/aromatic N) is 1. The first-order valence-corrected chi connectivity index (χ1v) is 7.48. The van der Waals surface area contributed by atoms with Gasteiger partial charge in [0.1, 0.15) is 0 Å². The molecule has 0 atom stereocenters. The van der Waals surface area contributed by atoms with Crippen LogP contribution in [0.3, 0.4) is 0 Å². The molecule has 1 aromatic rings. The van der Waals surface area contributed by atoms with Gasteiger partial charge >= 0.3 is 0 Å². The molecular weight excluding hydrogens is 250 g/mol. The molecule has 0 aliphatic rings. The Morgan fingerprint density at radius 3 is 2.50 bits per heavy atom. The predicted octanol–water partition coefficient (Wildman–Crippen LogP) is 1.40. The van der Waals surface area contributed by atoms with Gasteiger partial charge in [-0.15, -0.1) is 0 Å². The summed E-state index contributed by atoms with van der Waals surface area (Å²) in [5.41, 5.74) is 5.78. The van der Waals surface area contributed by atoms with Gasteiger partial charge in [-0.05, 0) is 31.9 Å². The van der Waals surface area contributed by atoms with Crippen LogP contribution in [0.4, 0.5) is 0 Å². The summed E-state index contributed by atoms with van der Waals surface area (Å²) in [6.45, 7) is 6.09. The summed E-state index contributed by atoms with van der Waals surface area (Å²) in [7, 11) is -3.57. The summed E-state index contributed by atoms with van der Waals surface area (Å²) in [5.74, 6) is 0. The summed E-state index contributed by atoms with van der Waals surface area (Å²) in [6, 6.07) is 3.15. The zero-order valence-corrected chi connectivity index (χ0v) is 11.9. The number of aromatic nitrogens is 1. The fourth-order valence-corrected chi connectivity index (χ4v) is 3.16. The first kappa shape index (κ1) is 15.1. The van der Waals surface area contributed by atoms with Gasteiger partial charge in [0.2, 0.25) is 0 Å². The van der Waals surface area contributed by atoms with Crippen molar-refractivity contribution in [1.29, 1.82) is 0 Å². The highest BCUT2D eigenvalue weighted by atomic mass is 32.2. The maximum absolute atomic E-state index is 12.1. The Labute approximate surface area is 109 Å². The van der Waals surface area contributed by atoms with Gasteiger partial charge in [-0.2, -0.15) is 0 Å². The molecule has 0 aliphatic carbocycles. The van der Waals surface area contributed by atoms with Crippen LogP contribution in [0.1, 0.15) is 39.2 Å².